The number of primary amides is 1. The van der Waals surface area contributed by atoms with E-state index in [2.05, 4.69) is 20.4 Å². The van der Waals surface area contributed by atoms with Crippen molar-refractivity contribution < 1.29 is 9.18 Å². The fourth-order valence-electron chi connectivity index (χ4n) is 4.15. The maximum Gasteiger partial charge on any atom is 0.332 e. The molecular weight excluding hydrogens is 459 g/mol. The van der Waals surface area contributed by atoms with E-state index in [-0.39, 0.29) is 5.43 Å². The number of hydrogen-bond acceptors (Lipinski definition) is 8. The Bertz CT molecular complexity index is 1310. The Morgan fingerprint density at radius 2 is 2.03 bits per heavy atom. The van der Waals surface area contributed by atoms with Crippen molar-refractivity contribution in [3.8, 4) is 11.3 Å². The van der Waals surface area contributed by atoms with Crippen LogP contribution in [0.25, 0.3) is 22.2 Å². The quantitative estimate of drug-likeness (QED) is 0.360. The number of carbonyl (C=O) groups excluding carboxylic acids is 1. The van der Waals surface area contributed by atoms with Gasteiger partial charge in [-0.25, -0.2) is 19.6 Å². The summed E-state index contributed by atoms with van der Waals surface area (Å²) < 4.78 is 17.2. The Hall–Kier alpha value is -3.51. The van der Waals surface area contributed by atoms with Crippen molar-refractivity contribution in [3.63, 3.8) is 0 Å². The van der Waals surface area contributed by atoms with E-state index in [9.17, 15) is 9.59 Å². The van der Waals surface area contributed by atoms with Gasteiger partial charge in [-0.15, -0.1) is 11.3 Å². The second kappa shape index (κ2) is 9.77. The molecule has 12 heteroatoms. The van der Waals surface area contributed by atoms with Crippen LogP contribution in [0.5, 0.6) is 0 Å². The molecular formula is C22H27FN8O2S. The van der Waals surface area contributed by atoms with E-state index < -0.39 is 11.8 Å². The SMILES string of the molecule is CCn1cc(-c2csc(N)n2)c(=O)c2cc(F)c(N3CCN(C/C(C)=N/NC(N)=O)CC3)cc21. The van der Waals surface area contributed by atoms with Crippen LogP contribution in [0.4, 0.5) is 20.0 Å². The summed E-state index contributed by atoms with van der Waals surface area (Å²) in [6.07, 6.45) is 1.76. The molecule has 1 saturated heterocycles. The summed E-state index contributed by atoms with van der Waals surface area (Å²) in [5, 5.41) is 6.37. The Kier molecular flexibility index (Phi) is 6.80. The first kappa shape index (κ1) is 23.6. The molecule has 34 heavy (non-hydrogen) atoms. The van der Waals surface area contributed by atoms with Gasteiger partial charge in [0.25, 0.3) is 0 Å². The first-order valence-electron chi connectivity index (χ1n) is 10.9. The van der Waals surface area contributed by atoms with Crippen molar-refractivity contribution in [3.05, 3.63) is 39.8 Å². The molecule has 1 fully saturated rings. The van der Waals surface area contributed by atoms with Crippen LogP contribution in [-0.2, 0) is 6.54 Å². The molecule has 0 atom stereocenters. The van der Waals surface area contributed by atoms with Gasteiger partial charge in [0.05, 0.1) is 22.5 Å². The van der Waals surface area contributed by atoms with Crippen molar-refractivity contribution >= 4 is 44.8 Å². The van der Waals surface area contributed by atoms with Crippen molar-refractivity contribution in [1.29, 1.82) is 0 Å². The summed E-state index contributed by atoms with van der Waals surface area (Å²) in [4.78, 5) is 32.3. The van der Waals surface area contributed by atoms with E-state index in [1.54, 1.807) is 17.6 Å². The van der Waals surface area contributed by atoms with Crippen LogP contribution in [0.1, 0.15) is 13.8 Å². The zero-order chi connectivity index (χ0) is 24.4. The Morgan fingerprint density at radius 3 is 2.65 bits per heavy atom. The highest BCUT2D eigenvalue weighted by molar-refractivity contribution is 7.13. The van der Waals surface area contributed by atoms with Crippen LogP contribution in [0.3, 0.4) is 0 Å². The Labute approximate surface area is 199 Å². The number of thiazole rings is 1. The minimum Gasteiger partial charge on any atom is -0.375 e. The van der Waals surface area contributed by atoms with Crippen LogP contribution in [0.15, 0.2) is 33.6 Å². The van der Waals surface area contributed by atoms with E-state index in [1.807, 2.05) is 23.3 Å². The van der Waals surface area contributed by atoms with Crippen molar-refractivity contribution in [1.82, 2.24) is 19.9 Å². The number of nitrogens with two attached hydrogens (primary N) is 2. The predicted octanol–water partition coefficient (Wildman–Crippen LogP) is 2.03. The molecule has 0 spiro atoms. The number of hydrogen-bond donors (Lipinski definition) is 3. The summed E-state index contributed by atoms with van der Waals surface area (Å²) in [7, 11) is 0. The van der Waals surface area contributed by atoms with E-state index >= 15 is 4.39 Å². The van der Waals surface area contributed by atoms with Gasteiger partial charge in [0.1, 0.15) is 5.82 Å². The number of hydrazone groups is 1. The lowest BCUT2D eigenvalue weighted by Gasteiger charge is -2.36. The minimum atomic E-state index is -0.704. The van der Waals surface area contributed by atoms with Gasteiger partial charge in [-0.2, -0.15) is 5.10 Å². The summed E-state index contributed by atoms with van der Waals surface area (Å²) in [5.41, 5.74) is 15.5. The highest BCUT2D eigenvalue weighted by Crippen LogP contribution is 2.28. The zero-order valence-corrected chi connectivity index (χ0v) is 19.9. The molecule has 3 heterocycles. The van der Waals surface area contributed by atoms with Crippen LogP contribution in [0, 0.1) is 5.82 Å². The lowest BCUT2D eigenvalue weighted by molar-refractivity contribution is 0.249. The topological polar surface area (TPSA) is 135 Å². The lowest BCUT2D eigenvalue weighted by Crippen LogP contribution is -2.48. The van der Waals surface area contributed by atoms with E-state index in [4.69, 9.17) is 11.5 Å². The molecule has 1 aliphatic heterocycles. The van der Waals surface area contributed by atoms with E-state index in [0.29, 0.717) is 72.2 Å². The number of anilines is 2. The molecule has 2 amide bonds. The number of nitrogens with zero attached hydrogens (tertiary/aromatic N) is 5. The number of amides is 2. The molecule has 3 aromatic rings. The molecule has 1 aromatic carbocycles. The largest absolute Gasteiger partial charge is 0.375 e. The average molecular weight is 487 g/mol. The maximum atomic E-state index is 15.2. The summed E-state index contributed by atoms with van der Waals surface area (Å²) in [5.74, 6) is -0.431. The van der Waals surface area contributed by atoms with Gasteiger partial charge in [-0.3, -0.25) is 9.69 Å². The summed E-state index contributed by atoms with van der Waals surface area (Å²) >= 11 is 1.26. The fraction of sp³-hybridized carbons (Fsp3) is 0.364. The lowest BCUT2D eigenvalue weighted by atomic mass is 10.1. The number of pyridine rings is 1. The highest BCUT2D eigenvalue weighted by atomic mass is 32.1. The van der Waals surface area contributed by atoms with Gasteiger partial charge in [0, 0.05) is 61.9 Å². The minimum absolute atomic E-state index is 0.264. The summed E-state index contributed by atoms with van der Waals surface area (Å²) in [6.45, 7) is 7.60. The number of rotatable bonds is 6. The number of urea groups is 1. The highest BCUT2D eigenvalue weighted by Gasteiger charge is 2.22. The molecule has 0 saturated carbocycles. The van der Waals surface area contributed by atoms with Gasteiger partial charge in [-0.1, -0.05) is 0 Å². The van der Waals surface area contributed by atoms with Crippen LogP contribution >= 0.6 is 11.3 Å². The Balaban J connectivity index is 1.59. The van der Waals surface area contributed by atoms with E-state index in [1.165, 1.54) is 17.4 Å². The number of carbonyl (C=O) groups is 1. The second-order valence-electron chi connectivity index (χ2n) is 8.14. The molecule has 180 valence electrons. The average Bonchev–Trinajstić information content (AvgIpc) is 3.24. The van der Waals surface area contributed by atoms with Crippen LogP contribution in [-0.4, -0.2) is 58.9 Å². The standard InChI is InChI=1S/C22H27FN8O2S/c1-3-30-11-15(17-12-34-22(25)26-17)20(32)14-8-16(23)19(9-18(14)30)31-6-4-29(5-7-31)10-13(2)27-28-21(24)33/h8-9,11-12H,3-7,10H2,1-2H3,(H2,25,26)(H3,24,28,33)/b27-13+. The van der Waals surface area contributed by atoms with Gasteiger partial charge in [-0.05, 0) is 26.0 Å². The van der Waals surface area contributed by atoms with Crippen molar-refractivity contribution in [2.75, 3.05) is 43.4 Å². The van der Waals surface area contributed by atoms with Gasteiger partial charge < -0.3 is 20.9 Å². The number of nitrogen functional groups attached to an aromatic ring is 1. The number of nitrogens with one attached hydrogen (secondary N) is 1. The predicted molar refractivity (Wildman–Crippen MR) is 134 cm³/mol. The first-order valence-corrected chi connectivity index (χ1v) is 11.8. The van der Waals surface area contributed by atoms with Crippen molar-refractivity contribution in [2.24, 2.45) is 10.8 Å². The molecule has 0 aliphatic carbocycles. The molecule has 2 aromatic heterocycles. The normalized spacial score (nSPS) is 15.1. The van der Waals surface area contributed by atoms with E-state index in [0.717, 1.165) is 5.71 Å². The monoisotopic (exact) mass is 486 g/mol. The zero-order valence-electron chi connectivity index (χ0n) is 19.0. The molecule has 0 unspecified atom stereocenters. The molecule has 5 N–H and O–H groups in total. The number of benzene rings is 1. The number of fused-ring (bicyclic) bond motifs is 1. The molecule has 10 nitrogen and oxygen atoms in total. The first-order chi connectivity index (χ1) is 16.3. The van der Waals surface area contributed by atoms with Gasteiger partial charge in [0.2, 0.25) is 0 Å². The molecule has 4 rings (SSSR count). The molecule has 0 bridgehead atoms. The molecule has 0 radical (unpaired) electrons. The third-order valence-electron chi connectivity index (χ3n) is 5.81. The summed E-state index contributed by atoms with van der Waals surface area (Å²) in [6, 6.07) is 2.38. The van der Waals surface area contributed by atoms with Crippen molar-refractivity contribution in [2.45, 2.75) is 20.4 Å². The smallest absolute Gasteiger partial charge is 0.332 e. The Morgan fingerprint density at radius 1 is 1.29 bits per heavy atom. The fourth-order valence-corrected chi connectivity index (χ4v) is 4.72. The number of piperazine rings is 1. The molecule has 1 aliphatic rings. The van der Waals surface area contributed by atoms with Gasteiger partial charge in [0.15, 0.2) is 10.6 Å². The maximum absolute atomic E-state index is 15.2. The second-order valence-corrected chi connectivity index (χ2v) is 9.03. The third-order valence-corrected chi connectivity index (χ3v) is 6.48. The third kappa shape index (κ3) is 4.87. The van der Waals surface area contributed by atoms with Crippen LogP contribution in [0.2, 0.25) is 0 Å². The van der Waals surface area contributed by atoms with Gasteiger partial charge >= 0.3 is 6.03 Å². The number of halogens is 1. The number of aryl methyl sites for hydroxylation is 1. The van der Waals surface area contributed by atoms with Crippen LogP contribution < -0.4 is 27.2 Å². The number of aromatic nitrogens is 2.